The van der Waals surface area contributed by atoms with Crippen LogP contribution >= 0.6 is 0 Å². The van der Waals surface area contributed by atoms with Gasteiger partial charge in [0.05, 0.1) is 7.11 Å². The van der Waals surface area contributed by atoms with E-state index in [1.54, 1.807) is 7.11 Å². The van der Waals surface area contributed by atoms with Gasteiger partial charge in [-0.1, -0.05) is 0 Å². The first-order valence-electron chi connectivity index (χ1n) is 7.63. The summed E-state index contributed by atoms with van der Waals surface area (Å²) in [5.41, 5.74) is 6.79. The molecule has 1 fully saturated rings. The van der Waals surface area contributed by atoms with Crippen LogP contribution in [0.3, 0.4) is 0 Å². The molecule has 0 atom stereocenters. The number of nitrogens with two attached hydrogens (primary N) is 1. The first kappa shape index (κ1) is 16.1. The summed E-state index contributed by atoms with van der Waals surface area (Å²) in [5, 5.41) is 0. The van der Waals surface area contributed by atoms with Crippen molar-refractivity contribution in [3.8, 4) is 11.5 Å². The van der Waals surface area contributed by atoms with E-state index in [1.807, 2.05) is 18.2 Å². The van der Waals surface area contributed by atoms with Crippen LogP contribution in [0.2, 0.25) is 0 Å². The maximum atomic E-state index is 5.95. The first-order chi connectivity index (χ1) is 10.2. The average Bonchev–Trinajstić information content (AvgIpc) is 2.51. The Morgan fingerprint density at radius 2 is 1.95 bits per heavy atom. The van der Waals surface area contributed by atoms with Gasteiger partial charge in [-0.2, -0.15) is 0 Å². The highest BCUT2D eigenvalue weighted by atomic mass is 16.5. The van der Waals surface area contributed by atoms with Gasteiger partial charge < -0.3 is 20.1 Å². The third-order valence-electron chi connectivity index (χ3n) is 3.94. The Bertz CT molecular complexity index is 432. The Balaban J connectivity index is 1.84. The predicted molar refractivity (Wildman–Crippen MR) is 85.2 cm³/mol. The van der Waals surface area contributed by atoms with Gasteiger partial charge >= 0.3 is 0 Å². The molecule has 5 nitrogen and oxygen atoms in total. The highest BCUT2D eigenvalue weighted by molar-refractivity contribution is 5.40. The number of likely N-dealkylation sites (N-methyl/N-ethyl adjacent to an activating group) is 1. The lowest BCUT2D eigenvalue weighted by atomic mass is 10.1. The quantitative estimate of drug-likeness (QED) is 0.807. The van der Waals surface area contributed by atoms with E-state index in [9.17, 15) is 0 Å². The summed E-state index contributed by atoms with van der Waals surface area (Å²) in [6, 6.07) is 5.93. The molecule has 0 radical (unpaired) electrons. The molecule has 1 saturated heterocycles. The van der Waals surface area contributed by atoms with Crippen LogP contribution in [-0.4, -0.2) is 69.8 Å². The Hall–Kier alpha value is -1.30. The molecule has 0 saturated carbocycles. The molecule has 2 rings (SSSR count). The van der Waals surface area contributed by atoms with Gasteiger partial charge in [-0.3, -0.25) is 4.90 Å². The number of hydrogen-bond donors (Lipinski definition) is 1. The summed E-state index contributed by atoms with van der Waals surface area (Å²) >= 11 is 0. The topological polar surface area (TPSA) is 51.0 Å². The molecule has 1 aromatic carbocycles. The fraction of sp³-hybridized carbons (Fsp3) is 0.625. The Labute approximate surface area is 127 Å². The second-order valence-corrected chi connectivity index (χ2v) is 5.51. The van der Waals surface area contributed by atoms with Crippen LogP contribution in [0, 0.1) is 0 Å². The van der Waals surface area contributed by atoms with Crippen LogP contribution in [0.25, 0.3) is 0 Å². The number of benzene rings is 1. The minimum absolute atomic E-state index is 0.613. The van der Waals surface area contributed by atoms with E-state index < -0.39 is 0 Å². The molecule has 0 spiro atoms. The molecule has 0 aromatic heterocycles. The van der Waals surface area contributed by atoms with E-state index in [-0.39, 0.29) is 0 Å². The largest absolute Gasteiger partial charge is 0.497 e. The van der Waals surface area contributed by atoms with Crippen LogP contribution in [0.5, 0.6) is 11.5 Å². The van der Waals surface area contributed by atoms with Gasteiger partial charge in [0.1, 0.15) is 18.1 Å². The summed E-state index contributed by atoms with van der Waals surface area (Å²) in [4.78, 5) is 4.81. The number of piperazine rings is 1. The highest BCUT2D eigenvalue weighted by Gasteiger charge is 2.13. The number of rotatable bonds is 7. The van der Waals surface area contributed by atoms with Crippen LogP contribution < -0.4 is 15.2 Å². The van der Waals surface area contributed by atoms with Crippen molar-refractivity contribution < 1.29 is 9.47 Å². The lowest BCUT2D eigenvalue weighted by molar-refractivity contribution is 0.133. The minimum atomic E-state index is 0.613. The number of hydrogen-bond acceptors (Lipinski definition) is 5. The van der Waals surface area contributed by atoms with E-state index in [1.165, 1.54) is 0 Å². The van der Waals surface area contributed by atoms with E-state index in [0.29, 0.717) is 13.2 Å². The van der Waals surface area contributed by atoms with Crippen LogP contribution in [0.15, 0.2) is 18.2 Å². The van der Waals surface area contributed by atoms with Crippen molar-refractivity contribution in [2.24, 2.45) is 5.73 Å². The average molecular weight is 293 g/mol. The van der Waals surface area contributed by atoms with Gasteiger partial charge in [0.2, 0.25) is 0 Å². The smallest absolute Gasteiger partial charge is 0.122 e. The minimum Gasteiger partial charge on any atom is -0.497 e. The van der Waals surface area contributed by atoms with Crippen LogP contribution in [-0.2, 0) is 6.42 Å². The summed E-state index contributed by atoms with van der Waals surface area (Å²) in [6.07, 6.45) is 0.807. The fourth-order valence-corrected chi connectivity index (χ4v) is 2.53. The van der Waals surface area contributed by atoms with Gasteiger partial charge in [-0.05, 0) is 43.8 Å². The van der Waals surface area contributed by atoms with Crippen molar-refractivity contribution in [3.05, 3.63) is 23.8 Å². The highest BCUT2D eigenvalue weighted by Crippen LogP contribution is 2.24. The summed E-state index contributed by atoms with van der Waals surface area (Å²) < 4.78 is 11.2. The zero-order chi connectivity index (χ0) is 15.1. The van der Waals surface area contributed by atoms with Crippen LogP contribution in [0.1, 0.15) is 5.56 Å². The summed E-state index contributed by atoms with van der Waals surface area (Å²) in [5.74, 6) is 1.78. The maximum Gasteiger partial charge on any atom is 0.122 e. The van der Waals surface area contributed by atoms with Crippen LogP contribution in [0.4, 0.5) is 0 Å². The predicted octanol–water partition coefficient (Wildman–Crippen LogP) is 0.823. The third kappa shape index (κ3) is 4.88. The molecule has 118 valence electrons. The first-order valence-corrected chi connectivity index (χ1v) is 7.63. The second kappa shape index (κ2) is 8.22. The van der Waals surface area contributed by atoms with E-state index in [4.69, 9.17) is 15.2 Å². The van der Waals surface area contributed by atoms with Crippen molar-refractivity contribution in [2.75, 3.05) is 60.0 Å². The SMILES string of the molecule is COc1ccc(OCCN2CCN(C)CC2)c(CCN)c1. The zero-order valence-electron chi connectivity index (χ0n) is 13.2. The van der Waals surface area contributed by atoms with Gasteiger partial charge in [-0.25, -0.2) is 0 Å². The van der Waals surface area contributed by atoms with E-state index in [2.05, 4.69) is 16.8 Å². The molecule has 0 bridgehead atoms. The molecule has 1 aromatic rings. The van der Waals surface area contributed by atoms with Crippen molar-refractivity contribution >= 4 is 0 Å². The number of methoxy groups -OCH3 is 1. The molecule has 1 aliphatic heterocycles. The molecule has 21 heavy (non-hydrogen) atoms. The fourth-order valence-electron chi connectivity index (χ4n) is 2.53. The Kier molecular flexibility index (Phi) is 6.29. The van der Waals surface area contributed by atoms with Crippen molar-refractivity contribution in [3.63, 3.8) is 0 Å². The van der Waals surface area contributed by atoms with Crippen molar-refractivity contribution in [1.82, 2.24) is 9.80 Å². The van der Waals surface area contributed by atoms with Gasteiger partial charge in [-0.15, -0.1) is 0 Å². The molecule has 0 aliphatic carbocycles. The second-order valence-electron chi connectivity index (χ2n) is 5.51. The standard InChI is InChI=1S/C16H27N3O2/c1-18-7-9-19(10-8-18)11-12-21-16-4-3-15(20-2)13-14(16)5-6-17/h3-4,13H,5-12,17H2,1-2H3. The molecule has 0 unspecified atom stereocenters. The van der Waals surface area contributed by atoms with E-state index in [0.717, 1.165) is 56.2 Å². The molecular weight excluding hydrogens is 266 g/mol. The molecule has 1 heterocycles. The van der Waals surface area contributed by atoms with Gasteiger partial charge in [0, 0.05) is 32.7 Å². The maximum absolute atomic E-state index is 5.95. The molecular formula is C16H27N3O2. The number of ether oxygens (including phenoxy) is 2. The van der Waals surface area contributed by atoms with Crippen molar-refractivity contribution in [1.29, 1.82) is 0 Å². The van der Waals surface area contributed by atoms with Crippen molar-refractivity contribution in [2.45, 2.75) is 6.42 Å². The molecule has 0 amide bonds. The lowest BCUT2D eigenvalue weighted by Crippen LogP contribution is -2.45. The normalized spacial score (nSPS) is 16.9. The van der Waals surface area contributed by atoms with E-state index >= 15 is 0 Å². The Morgan fingerprint density at radius 3 is 2.62 bits per heavy atom. The number of nitrogens with zero attached hydrogens (tertiary/aromatic N) is 2. The molecule has 5 heteroatoms. The summed E-state index contributed by atoms with van der Waals surface area (Å²) in [7, 11) is 3.85. The third-order valence-corrected chi connectivity index (χ3v) is 3.94. The Morgan fingerprint density at radius 1 is 1.19 bits per heavy atom. The monoisotopic (exact) mass is 293 g/mol. The molecule has 1 aliphatic rings. The zero-order valence-corrected chi connectivity index (χ0v) is 13.2. The molecule has 2 N–H and O–H groups in total. The van der Waals surface area contributed by atoms with Gasteiger partial charge in [0.25, 0.3) is 0 Å². The summed E-state index contributed by atoms with van der Waals surface area (Å²) in [6.45, 7) is 6.83. The lowest BCUT2D eigenvalue weighted by Gasteiger charge is -2.32. The van der Waals surface area contributed by atoms with Gasteiger partial charge in [0.15, 0.2) is 0 Å².